The summed E-state index contributed by atoms with van der Waals surface area (Å²) >= 11 is 0. The van der Waals surface area contributed by atoms with Gasteiger partial charge in [0.05, 0.1) is 0 Å². The maximum atomic E-state index is 5.91. The van der Waals surface area contributed by atoms with E-state index in [1.807, 2.05) is 19.1 Å². The van der Waals surface area contributed by atoms with Crippen LogP contribution in [-0.2, 0) is 0 Å². The van der Waals surface area contributed by atoms with E-state index in [1.54, 1.807) is 0 Å². The van der Waals surface area contributed by atoms with Gasteiger partial charge in [0.2, 0.25) is 0 Å². The average molecular weight is 211 g/mol. The van der Waals surface area contributed by atoms with Gasteiger partial charge in [0, 0.05) is 22.6 Å². The van der Waals surface area contributed by atoms with E-state index < -0.39 is 0 Å². The van der Waals surface area contributed by atoms with E-state index in [2.05, 4.69) is 24.0 Å². The fraction of sp³-hybridized carbons (Fsp3) is 0.273. The highest BCUT2D eigenvalue weighted by molar-refractivity contribution is 5.85. The summed E-state index contributed by atoms with van der Waals surface area (Å²) in [5, 5.41) is 1.25. The molecule has 1 aromatic carbocycles. The number of aromatic amines is 1. The maximum Gasteiger partial charge on any atom is 0.0459 e. The van der Waals surface area contributed by atoms with Gasteiger partial charge in [-0.3, -0.25) is 0 Å². The van der Waals surface area contributed by atoms with Gasteiger partial charge >= 0.3 is 0 Å². The smallest absolute Gasteiger partial charge is 0.0459 e. The molecule has 0 aliphatic rings. The molecule has 3 heteroatoms. The van der Waals surface area contributed by atoms with Crippen LogP contribution in [0.2, 0.25) is 0 Å². The Hall–Kier alpha value is -0.990. The van der Waals surface area contributed by atoms with E-state index in [4.69, 9.17) is 5.73 Å². The Bertz CT molecular complexity index is 432. The molecule has 0 saturated carbocycles. The molecule has 0 amide bonds. The lowest BCUT2D eigenvalue weighted by Gasteiger charge is -2.04. The zero-order chi connectivity index (χ0) is 9.42. The molecule has 0 unspecified atom stereocenters. The number of fused-ring (bicyclic) bond motifs is 1. The summed E-state index contributed by atoms with van der Waals surface area (Å²) in [6.45, 7) is 4.08. The molecular formula is C11H15ClN2. The fourth-order valence-corrected chi connectivity index (χ4v) is 1.89. The molecule has 1 heterocycles. The third-order valence-corrected chi connectivity index (χ3v) is 2.40. The number of nitrogens with two attached hydrogens (primary N) is 1. The minimum Gasteiger partial charge on any atom is -0.358 e. The van der Waals surface area contributed by atoms with Gasteiger partial charge in [-0.05, 0) is 25.5 Å². The normalized spacial score (nSPS) is 12.5. The molecule has 14 heavy (non-hydrogen) atoms. The number of aromatic nitrogens is 1. The van der Waals surface area contributed by atoms with Gasteiger partial charge in [0.15, 0.2) is 0 Å². The largest absolute Gasteiger partial charge is 0.358 e. The highest BCUT2D eigenvalue weighted by Crippen LogP contribution is 2.25. The number of benzene rings is 1. The van der Waals surface area contributed by atoms with E-state index in [9.17, 15) is 0 Å². The second kappa shape index (κ2) is 4.03. The van der Waals surface area contributed by atoms with Gasteiger partial charge in [-0.2, -0.15) is 0 Å². The SMILES string of the molecule is Cc1[nH]c2ccccc2c1[C@H](C)N.Cl. The highest BCUT2D eigenvalue weighted by Gasteiger charge is 2.10. The standard InChI is InChI=1S/C11H14N2.ClH/c1-7(12)11-8(2)13-10-6-4-3-5-9(10)11;/h3-7,13H,12H2,1-2H3;1H/t7-;/m0./s1. The number of hydrogen-bond acceptors (Lipinski definition) is 1. The molecule has 76 valence electrons. The minimum atomic E-state index is 0. The van der Waals surface area contributed by atoms with Crippen molar-refractivity contribution in [1.29, 1.82) is 0 Å². The maximum absolute atomic E-state index is 5.91. The first-order valence-corrected chi connectivity index (χ1v) is 4.53. The Kier molecular flexibility index (Phi) is 3.19. The van der Waals surface area contributed by atoms with E-state index in [0.29, 0.717) is 0 Å². The Morgan fingerprint density at radius 2 is 1.93 bits per heavy atom. The van der Waals surface area contributed by atoms with Crippen LogP contribution in [0.1, 0.15) is 24.2 Å². The molecule has 0 aliphatic heterocycles. The second-order valence-electron chi connectivity index (χ2n) is 3.50. The van der Waals surface area contributed by atoms with E-state index in [-0.39, 0.29) is 18.4 Å². The number of para-hydroxylation sites is 1. The molecule has 2 aromatic rings. The molecule has 1 atom stereocenters. The van der Waals surface area contributed by atoms with Gasteiger partial charge < -0.3 is 10.7 Å². The summed E-state index contributed by atoms with van der Waals surface area (Å²) in [5.74, 6) is 0. The van der Waals surface area contributed by atoms with Crippen LogP contribution in [-0.4, -0.2) is 4.98 Å². The van der Waals surface area contributed by atoms with Crippen molar-refractivity contribution in [2.24, 2.45) is 5.73 Å². The lowest BCUT2D eigenvalue weighted by atomic mass is 10.1. The molecular weight excluding hydrogens is 196 g/mol. The summed E-state index contributed by atoms with van der Waals surface area (Å²) in [6, 6.07) is 8.35. The number of hydrogen-bond donors (Lipinski definition) is 2. The van der Waals surface area contributed by atoms with Gasteiger partial charge in [0.25, 0.3) is 0 Å². The van der Waals surface area contributed by atoms with Crippen LogP contribution >= 0.6 is 12.4 Å². The minimum absolute atomic E-state index is 0. The first-order chi connectivity index (χ1) is 6.20. The Morgan fingerprint density at radius 3 is 2.57 bits per heavy atom. The predicted octanol–water partition coefficient (Wildman–Crippen LogP) is 2.92. The monoisotopic (exact) mass is 210 g/mol. The topological polar surface area (TPSA) is 41.8 Å². The molecule has 2 nitrogen and oxygen atoms in total. The van der Waals surface area contributed by atoms with E-state index in [1.165, 1.54) is 22.2 Å². The summed E-state index contributed by atoms with van der Waals surface area (Å²) in [6.07, 6.45) is 0. The van der Waals surface area contributed by atoms with Crippen LogP contribution in [0.3, 0.4) is 0 Å². The van der Waals surface area contributed by atoms with Gasteiger partial charge in [-0.25, -0.2) is 0 Å². The zero-order valence-electron chi connectivity index (χ0n) is 8.37. The number of rotatable bonds is 1. The van der Waals surface area contributed by atoms with Gasteiger partial charge in [-0.15, -0.1) is 12.4 Å². The molecule has 0 fully saturated rings. The van der Waals surface area contributed by atoms with Crippen LogP contribution in [0.5, 0.6) is 0 Å². The van der Waals surface area contributed by atoms with Crippen molar-refractivity contribution >= 4 is 23.3 Å². The summed E-state index contributed by atoms with van der Waals surface area (Å²) < 4.78 is 0. The molecule has 0 radical (unpaired) electrons. The van der Waals surface area contributed by atoms with Crippen LogP contribution in [0.25, 0.3) is 10.9 Å². The van der Waals surface area contributed by atoms with Gasteiger partial charge in [0.1, 0.15) is 0 Å². The average Bonchev–Trinajstić information content (AvgIpc) is 2.39. The van der Waals surface area contributed by atoms with E-state index >= 15 is 0 Å². The van der Waals surface area contributed by atoms with Crippen molar-refractivity contribution in [3.63, 3.8) is 0 Å². The quantitative estimate of drug-likeness (QED) is 0.747. The van der Waals surface area contributed by atoms with Crippen molar-refractivity contribution in [3.8, 4) is 0 Å². The Morgan fingerprint density at radius 1 is 1.29 bits per heavy atom. The highest BCUT2D eigenvalue weighted by atomic mass is 35.5. The molecule has 0 spiro atoms. The van der Waals surface area contributed by atoms with Crippen LogP contribution in [0.4, 0.5) is 0 Å². The molecule has 1 aromatic heterocycles. The van der Waals surface area contributed by atoms with Crippen molar-refractivity contribution < 1.29 is 0 Å². The lowest BCUT2D eigenvalue weighted by Crippen LogP contribution is -2.05. The Labute approximate surface area is 89.9 Å². The Balaban J connectivity index is 0.000000980. The summed E-state index contributed by atoms with van der Waals surface area (Å²) in [4.78, 5) is 3.33. The summed E-state index contributed by atoms with van der Waals surface area (Å²) in [7, 11) is 0. The van der Waals surface area contributed by atoms with Crippen molar-refractivity contribution in [2.75, 3.05) is 0 Å². The molecule has 3 N–H and O–H groups in total. The third kappa shape index (κ3) is 1.63. The first-order valence-electron chi connectivity index (χ1n) is 4.53. The lowest BCUT2D eigenvalue weighted by molar-refractivity contribution is 0.817. The molecule has 0 saturated heterocycles. The summed E-state index contributed by atoms with van der Waals surface area (Å²) in [5.41, 5.74) is 9.49. The van der Waals surface area contributed by atoms with Crippen LogP contribution in [0, 0.1) is 6.92 Å². The first kappa shape index (κ1) is 11.1. The van der Waals surface area contributed by atoms with Crippen molar-refractivity contribution in [1.82, 2.24) is 4.98 Å². The second-order valence-corrected chi connectivity index (χ2v) is 3.50. The zero-order valence-corrected chi connectivity index (χ0v) is 9.19. The number of halogens is 1. The van der Waals surface area contributed by atoms with Gasteiger partial charge in [-0.1, -0.05) is 18.2 Å². The third-order valence-electron chi connectivity index (χ3n) is 2.40. The number of nitrogens with one attached hydrogen (secondary N) is 1. The van der Waals surface area contributed by atoms with Crippen molar-refractivity contribution in [2.45, 2.75) is 19.9 Å². The fourth-order valence-electron chi connectivity index (χ4n) is 1.89. The molecule has 2 rings (SSSR count). The number of H-pyrrole nitrogens is 1. The molecule has 0 bridgehead atoms. The van der Waals surface area contributed by atoms with Crippen molar-refractivity contribution in [3.05, 3.63) is 35.5 Å². The van der Waals surface area contributed by atoms with Crippen LogP contribution < -0.4 is 5.73 Å². The van der Waals surface area contributed by atoms with Crippen LogP contribution in [0.15, 0.2) is 24.3 Å². The predicted molar refractivity (Wildman–Crippen MR) is 62.9 cm³/mol. The number of aryl methyl sites for hydroxylation is 1. The molecule has 0 aliphatic carbocycles. The van der Waals surface area contributed by atoms with E-state index in [0.717, 1.165) is 0 Å².